The summed E-state index contributed by atoms with van der Waals surface area (Å²) in [6.45, 7) is 3.52. The van der Waals surface area contributed by atoms with Crippen molar-refractivity contribution in [2.75, 3.05) is 6.54 Å². The minimum atomic E-state index is -0.212. The topological polar surface area (TPSA) is 24.9 Å². The van der Waals surface area contributed by atoms with Crippen molar-refractivity contribution in [3.05, 3.63) is 50.1 Å². The average molecular weight is 329 g/mol. The van der Waals surface area contributed by atoms with Crippen LogP contribution in [0.1, 0.15) is 16.3 Å². The molecule has 0 unspecified atom stereocenters. The molecule has 96 valence electrons. The number of aromatic nitrogens is 1. The first-order valence-corrected chi connectivity index (χ1v) is 7.37. The minimum absolute atomic E-state index is 0.212. The van der Waals surface area contributed by atoms with E-state index in [2.05, 4.69) is 31.6 Å². The van der Waals surface area contributed by atoms with E-state index in [1.165, 1.54) is 6.07 Å². The number of nitrogens with zero attached hydrogens (tertiary/aromatic N) is 1. The minimum Gasteiger partial charge on any atom is -0.312 e. The number of aryl methyl sites for hydroxylation is 1. The van der Waals surface area contributed by atoms with Crippen LogP contribution in [-0.2, 0) is 13.0 Å². The van der Waals surface area contributed by atoms with E-state index in [1.807, 2.05) is 13.0 Å². The molecule has 1 aromatic heterocycles. The van der Waals surface area contributed by atoms with E-state index >= 15 is 0 Å². The van der Waals surface area contributed by atoms with Crippen molar-refractivity contribution in [1.29, 1.82) is 0 Å². The highest BCUT2D eigenvalue weighted by Gasteiger charge is 2.00. The highest BCUT2D eigenvalue weighted by molar-refractivity contribution is 9.10. The van der Waals surface area contributed by atoms with Gasteiger partial charge in [0.05, 0.1) is 10.7 Å². The second kappa shape index (κ2) is 6.41. The van der Waals surface area contributed by atoms with Crippen LogP contribution in [0.3, 0.4) is 0 Å². The van der Waals surface area contributed by atoms with Gasteiger partial charge in [-0.25, -0.2) is 9.37 Å². The lowest BCUT2D eigenvalue weighted by Gasteiger charge is -2.05. The second-order valence-electron chi connectivity index (χ2n) is 4.06. The summed E-state index contributed by atoms with van der Waals surface area (Å²) < 4.78 is 13.9. The van der Waals surface area contributed by atoms with Gasteiger partial charge in [0.15, 0.2) is 0 Å². The Morgan fingerprint density at radius 2 is 2.22 bits per heavy atom. The van der Waals surface area contributed by atoms with Gasteiger partial charge in [0, 0.05) is 29.4 Å². The number of thiazole rings is 1. The molecule has 0 fully saturated rings. The van der Waals surface area contributed by atoms with Gasteiger partial charge in [0.25, 0.3) is 0 Å². The summed E-state index contributed by atoms with van der Waals surface area (Å²) in [5.41, 5.74) is 2.06. The normalized spacial score (nSPS) is 10.8. The zero-order valence-electron chi connectivity index (χ0n) is 10.0. The van der Waals surface area contributed by atoms with E-state index in [-0.39, 0.29) is 5.82 Å². The summed E-state index contributed by atoms with van der Waals surface area (Å²) >= 11 is 4.95. The SMILES string of the molecule is Cc1nc(CCNCc2cc(F)cc(Br)c2)cs1. The van der Waals surface area contributed by atoms with Gasteiger partial charge in [-0.15, -0.1) is 11.3 Å². The van der Waals surface area contributed by atoms with Crippen molar-refractivity contribution in [1.82, 2.24) is 10.3 Å². The van der Waals surface area contributed by atoms with Gasteiger partial charge in [0.1, 0.15) is 5.82 Å². The molecule has 0 aliphatic rings. The zero-order chi connectivity index (χ0) is 13.0. The molecule has 2 rings (SSSR count). The van der Waals surface area contributed by atoms with Crippen LogP contribution in [-0.4, -0.2) is 11.5 Å². The fraction of sp³-hybridized carbons (Fsp3) is 0.308. The van der Waals surface area contributed by atoms with E-state index in [9.17, 15) is 4.39 Å². The summed E-state index contributed by atoms with van der Waals surface area (Å²) in [5.74, 6) is -0.212. The van der Waals surface area contributed by atoms with Gasteiger partial charge in [0.2, 0.25) is 0 Å². The summed E-state index contributed by atoms with van der Waals surface area (Å²) in [6.07, 6.45) is 0.904. The van der Waals surface area contributed by atoms with Crippen LogP contribution in [0.25, 0.3) is 0 Å². The molecule has 0 bridgehead atoms. The number of benzene rings is 1. The maximum Gasteiger partial charge on any atom is 0.124 e. The van der Waals surface area contributed by atoms with E-state index in [0.717, 1.165) is 33.7 Å². The van der Waals surface area contributed by atoms with E-state index in [4.69, 9.17) is 0 Å². The molecule has 0 saturated heterocycles. The molecule has 0 spiro atoms. The Morgan fingerprint density at radius 1 is 1.39 bits per heavy atom. The number of hydrogen-bond acceptors (Lipinski definition) is 3. The smallest absolute Gasteiger partial charge is 0.124 e. The lowest BCUT2D eigenvalue weighted by atomic mass is 10.2. The quantitative estimate of drug-likeness (QED) is 0.847. The van der Waals surface area contributed by atoms with E-state index < -0.39 is 0 Å². The largest absolute Gasteiger partial charge is 0.312 e. The molecule has 2 aromatic rings. The van der Waals surface area contributed by atoms with Gasteiger partial charge in [-0.05, 0) is 30.7 Å². The van der Waals surface area contributed by atoms with Crippen molar-refractivity contribution >= 4 is 27.3 Å². The van der Waals surface area contributed by atoms with E-state index in [1.54, 1.807) is 17.4 Å². The van der Waals surface area contributed by atoms with Crippen LogP contribution in [0.5, 0.6) is 0 Å². The molecule has 0 radical (unpaired) electrons. The Morgan fingerprint density at radius 3 is 2.89 bits per heavy atom. The van der Waals surface area contributed by atoms with Crippen LogP contribution in [0.15, 0.2) is 28.1 Å². The van der Waals surface area contributed by atoms with Crippen LogP contribution < -0.4 is 5.32 Å². The first-order chi connectivity index (χ1) is 8.63. The van der Waals surface area contributed by atoms with Crippen LogP contribution in [0.2, 0.25) is 0 Å². The standard InChI is InChI=1S/C13H14BrFN2S/c1-9-17-13(8-18-9)2-3-16-7-10-4-11(14)6-12(15)5-10/h4-6,8,16H,2-3,7H2,1H3. The molecule has 0 amide bonds. The molecular weight excluding hydrogens is 315 g/mol. The second-order valence-corrected chi connectivity index (χ2v) is 6.04. The molecule has 1 heterocycles. The maximum absolute atomic E-state index is 13.1. The molecule has 5 heteroatoms. The molecule has 18 heavy (non-hydrogen) atoms. The Hall–Kier alpha value is -0.780. The van der Waals surface area contributed by atoms with Gasteiger partial charge in [-0.3, -0.25) is 0 Å². The summed E-state index contributed by atoms with van der Waals surface area (Å²) in [4.78, 5) is 4.39. The number of rotatable bonds is 5. The first-order valence-electron chi connectivity index (χ1n) is 5.70. The third kappa shape index (κ3) is 4.15. The molecule has 1 aromatic carbocycles. The van der Waals surface area contributed by atoms with E-state index in [0.29, 0.717) is 6.54 Å². The highest BCUT2D eigenvalue weighted by Crippen LogP contribution is 2.14. The molecular formula is C13H14BrFN2S. The fourth-order valence-corrected chi connectivity index (χ4v) is 2.85. The van der Waals surface area contributed by atoms with Gasteiger partial charge in [-0.2, -0.15) is 0 Å². The zero-order valence-corrected chi connectivity index (χ0v) is 12.4. The molecule has 1 N–H and O–H groups in total. The van der Waals surface area contributed by atoms with Crippen LogP contribution in [0.4, 0.5) is 4.39 Å². The average Bonchev–Trinajstić information content (AvgIpc) is 2.69. The molecule has 0 aliphatic carbocycles. The molecule has 0 atom stereocenters. The van der Waals surface area contributed by atoms with Crippen LogP contribution in [0, 0.1) is 12.7 Å². The Bertz CT molecular complexity index is 507. The maximum atomic E-state index is 13.1. The summed E-state index contributed by atoms with van der Waals surface area (Å²) in [7, 11) is 0. The third-order valence-electron chi connectivity index (χ3n) is 2.48. The van der Waals surface area contributed by atoms with Gasteiger partial charge >= 0.3 is 0 Å². The van der Waals surface area contributed by atoms with Crippen molar-refractivity contribution in [3.8, 4) is 0 Å². The molecule has 0 saturated carbocycles. The lowest BCUT2D eigenvalue weighted by Crippen LogP contribution is -2.16. The molecule has 0 aliphatic heterocycles. The van der Waals surface area contributed by atoms with Crippen molar-refractivity contribution in [2.45, 2.75) is 19.9 Å². The summed E-state index contributed by atoms with van der Waals surface area (Å²) in [5, 5.41) is 6.47. The highest BCUT2D eigenvalue weighted by atomic mass is 79.9. The Balaban J connectivity index is 1.78. The summed E-state index contributed by atoms with van der Waals surface area (Å²) in [6, 6.07) is 4.93. The first kappa shape index (κ1) is 13.6. The Kier molecular flexibility index (Phi) is 4.86. The Labute approximate surface area is 118 Å². The predicted octanol–water partition coefficient (Wildman–Crippen LogP) is 3.69. The molecule has 2 nitrogen and oxygen atoms in total. The van der Waals surface area contributed by atoms with Crippen molar-refractivity contribution < 1.29 is 4.39 Å². The number of halogens is 2. The lowest BCUT2D eigenvalue weighted by molar-refractivity contribution is 0.618. The van der Waals surface area contributed by atoms with Gasteiger partial charge < -0.3 is 5.32 Å². The van der Waals surface area contributed by atoms with Gasteiger partial charge in [-0.1, -0.05) is 15.9 Å². The predicted molar refractivity (Wildman–Crippen MR) is 76.4 cm³/mol. The van der Waals surface area contributed by atoms with Crippen molar-refractivity contribution in [2.24, 2.45) is 0 Å². The number of nitrogens with one attached hydrogen (secondary N) is 1. The third-order valence-corrected chi connectivity index (χ3v) is 3.76. The van der Waals surface area contributed by atoms with Crippen molar-refractivity contribution in [3.63, 3.8) is 0 Å². The number of hydrogen-bond donors (Lipinski definition) is 1. The monoisotopic (exact) mass is 328 g/mol. The van der Waals surface area contributed by atoms with Crippen LogP contribution >= 0.6 is 27.3 Å². The fourth-order valence-electron chi connectivity index (χ4n) is 1.69.